The number of aryl methyl sites for hydroxylation is 1. The molecule has 19 heavy (non-hydrogen) atoms. The number of rotatable bonds is 3. The Kier molecular flexibility index (Phi) is 4.01. The molecule has 0 saturated carbocycles. The highest BCUT2D eigenvalue weighted by Gasteiger charge is 2.28. The highest BCUT2D eigenvalue weighted by molar-refractivity contribution is 6.04. The van der Waals surface area contributed by atoms with Crippen molar-refractivity contribution < 1.29 is 9.59 Å². The molecular weight excluding hydrogens is 244 g/mol. The average Bonchev–Trinajstić information content (AvgIpc) is 2.86. The van der Waals surface area contributed by atoms with Gasteiger partial charge in [-0.3, -0.25) is 19.8 Å². The fraction of sp³-hybridized carbons (Fsp3) is 0.538. The van der Waals surface area contributed by atoms with Crippen LogP contribution in [0.3, 0.4) is 0 Å². The van der Waals surface area contributed by atoms with Crippen molar-refractivity contribution in [2.45, 2.75) is 13.0 Å². The molecule has 2 heterocycles. The fourth-order valence-electron chi connectivity index (χ4n) is 2.35. The lowest BCUT2D eigenvalue weighted by molar-refractivity contribution is -0.121. The Morgan fingerprint density at radius 1 is 1.47 bits per heavy atom. The van der Waals surface area contributed by atoms with E-state index in [0.29, 0.717) is 18.2 Å². The number of nitrogens with two attached hydrogens (primary N) is 1. The topological polar surface area (TPSA) is 80.4 Å². The highest BCUT2D eigenvalue weighted by atomic mass is 16.2. The van der Waals surface area contributed by atoms with Crippen molar-refractivity contribution in [3.8, 4) is 0 Å². The molecule has 2 rings (SSSR count). The number of nitrogens with zero attached hydrogens (tertiary/aromatic N) is 2. The quantitative estimate of drug-likeness (QED) is 0.775. The van der Waals surface area contributed by atoms with Gasteiger partial charge < -0.3 is 10.3 Å². The summed E-state index contributed by atoms with van der Waals surface area (Å²) in [7, 11) is 1.76. The predicted molar refractivity (Wildman–Crippen MR) is 71.5 cm³/mol. The zero-order valence-corrected chi connectivity index (χ0v) is 11.3. The molecule has 6 nitrogen and oxygen atoms in total. The Bertz CT molecular complexity index is 473. The molecule has 1 saturated heterocycles. The number of nitrogens with one attached hydrogen (secondary N) is 1. The minimum atomic E-state index is -0.367. The maximum atomic E-state index is 11.8. The van der Waals surface area contributed by atoms with Gasteiger partial charge in [0, 0.05) is 32.4 Å². The molecule has 0 aromatic carbocycles. The highest BCUT2D eigenvalue weighted by Crippen LogP contribution is 2.13. The molecule has 2 atom stereocenters. The van der Waals surface area contributed by atoms with Crippen molar-refractivity contribution in [1.82, 2.24) is 14.8 Å². The van der Waals surface area contributed by atoms with E-state index in [4.69, 9.17) is 5.73 Å². The Hall–Kier alpha value is -1.66. The van der Waals surface area contributed by atoms with E-state index in [9.17, 15) is 9.59 Å². The van der Waals surface area contributed by atoms with Crippen LogP contribution in [0.25, 0.3) is 0 Å². The molecule has 1 aliphatic heterocycles. The number of amides is 2. The predicted octanol–water partition coefficient (Wildman–Crippen LogP) is -0.439. The van der Waals surface area contributed by atoms with E-state index in [2.05, 4.69) is 12.2 Å². The normalized spacial score (nSPS) is 23.5. The molecule has 1 aliphatic rings. The van der Waals surface area contributed by atoms with Crippen LogP contribution in [0.4, 0.5) is 0 Å². The maximum Gasteiger partial charge on any atom is 0.274 e. The number of hydrogen-bond acceptors (Lipinski definition) is 4. The van der Waals surface area contributed by atoms with E-state index in [1.807, 2.05) is 4.90 Å². The molecular formula is C13H20N4O2. The minimum Gasteiger partial charge on any atom is -0.347 e. The summed E-state index contributed by atoms with van der Waals surface area (Å²) in [6.45, 7) is 3.78. The number of carbonyl (C=O) groups is 2. The first-order valence-electron chi connectivity index (χ1n) is 6.41. The molecule has 6 heteroatoms. The maximum absolute atomic E-state index is 11.8. The molecule has 0 aliphatic carbocycles. The Morgan fingerprint density at radius 2 is 2.21 bits per heavy atom. The van der Waals surface area contributed by atoms with Crippen LogP contribution in [0, 0.1) is 5.92 Å². The summed E-state index contributed by atoms with van der Waals surface area (Å²) in [5.41, 5.74) is 6.37. The number of likely N-dealkylation sites (tertiary alicyclic amines) is 1. The van der Waals surface area contributed by atoms with Gasteiger partial charge in [-0.1, -0.05) is 6.92 Å². The lowest BCUT2D eigenvalue weighted by atomic mass is 10.1. The van der Waals surface area contributed by atoms with Crippen molar-refractivity contribution in [3.63, 3.8) is 0 Å². The van der Waals surface area contributed by atoms with Crippen molar-refractivity contribution in [2.24, 2.45) is 18.7 Å². The molecule has 104 valence electrons. The van der Waals surface area contributed by atoms with Crippen LogP contribution in [0.5, 0.6) is 0 Å². The van der Waals surface area contributed by atoms with Gasteiger partial charge in [-0.25, -0.2) is 0 Å². The molecule has 3 N–H and O–H groups in total. The van der Waals surface area contributed by atoms with Crippen LogP contribution in [-0.2, 0) is 11.8 Å². The molecule has 2 amide bonds. The van der Waals surface area contributed by atoms with E-state index in [1.54, 1.807) is 29.9 Å². The Labute approximate surface area is 112 Å². The third-order valence-corrected chi connectivity index (χ3v) is 3.54. The summed E-state index contributed by atoms with van der Waals surface area (Å²) in [6.07, 6.45) is 1.76. The number of imide groups is 1. The number of aromatic nitrogens is 1. The van der Waals surface area contributed by atoms with E-state index in [-0.39, 0.29) is 24.4 Å². The SMILES string of the molecule is CC1CN(CC(=O)NC(=O)c2cccn2C)CC1N. The van der Waals surface area contributed by atoms with E-state index >= 15 is 0 Å². The summed E-state index contributed by atoms with van der Waals surface area (Å²) in [5, 5.41) is 2.40. The second-order valence-corrected chi connectivity index (χ2v) is 5.22. The molecule has 1 aromatic rings. The summed E-state index contributed by atoms with van der Waals surface area (Å²) in [5.74, 6) is -0.266. The summed E-state index contributed by atoms with van der Waals surface area (Å²) in [6, 6.07) is 3.55. The summed E-state index contributed by atoms with van der Waals surface area (Å²) in [4.78, 5) is 25.6. The second-order valence-electron chi connectivity index (χ2n) is 5.22. The van der Waals surface area contributed by atoms with Crippen LogP contribution in [-0.4, -0.2) is 47.0 Å². The molecule has 0 radical (unpaired) electrons. The van der Waals surface area contributed by atoms with Crippen molar-refractivity contribution >= 4 is 11.8 Å². The smallest absolute Gasteiger partial charge is 0.274 e. The monoisotopic (exact) mass is 264 g/mol. The van der Waals surface area contributed by atoms with Crippen LogP contribution in [0.2, 0.25) is 0 Å². The average molecular weight is 264 g/mol. The Morgan fingerprint density at radius 3 is 2.74 bits per heavy atom. The number of carbonyl (C=O) groups excluding carboxylic acids is 2. The van der Waals surface area contributed by atoms with Gasteiger partial charge in [0.05, 0.1) is 6.54 Å². The summed E-state index contributed by atoms with van der Waals surface area (Å²) < 4.78 is 1.68. The van der Waals surface area contributed by atoms with E-state index in [0.717, 1.165) is 6.54 Å². The second kappa shape index (κ2) is 5.54. The number of hydrogen-bond donors (Lipinski definition) is 2. The van der Waals surface area contributed by atoms with Crippen LogP contribution < -0.4 is 11.1 Å². The van der Waals surface area contributed by atoms with Gasteiger partial charge in [0.1, 0.15) is 5.69 Å². The van der Waals surface area contributed by atoms with Crippen molar-refractivity contribution in [3.05, 3.63) is 24.0 Å². The Balaban J connectivity index is 1.85. The molecule has 0 bridgehead atoms. The minimum absolute atomic E-state index is 0.108. The van der Waals surface area contributed by atoms with Gasteiger partial charge in [-0.15, -0.1) is 0 Å². The van der Waals surface area contributed by atoms with Crippen molar-refractivity contribution in [2.75, 3.05) is 19.6 Å². The third kappa shape index (κ3) is 3.21. The van der Waals surface area contributed by atoms with Gasteiger partial charge in [-0.05, 0) is 18.1 Å². The molecule has 2 unspecified atom stereocenters. The first-order valence-corrected chi connectivity index (χ1v) is 6.41. The van der Waals surface area contributed by atoms with Gasteiger partial charge in [0.25, 0.3) is 5.91 Å². The van der Waals surface area contributed by atoms with E-state index < -0.39 is 0 Å². The standard InChI is InChI=1S/C13H20N4O2/c1-9-6-17(7-10(9)14)8-12(18)15-13(19)11-4-3-5-16(11)2/h3-5,9-10H,6-8,14H2,1-2H3,(H,15,18,19). The van der Waals surface area contributed by atoms with Crippen LogP contribution in [0.1, 0.15) is 17.4 Å². The van der Waals surface area contributed by atoms with E-state index in [1.165, 1.54) is 0 Å². The van der Waals surface area contributed by atoms with Gasteiger partial charge in [-0.2, -0.15) is 0 Å². The molecule has 1 aromatic heterocycles. The largest absolute Gasteiger partial charge is 0.347 e. The first kappa shape index (κ1) is 13.8. The molecule has 0 spiro atoms. The fourth-order valence-corrected chi connectivity index (χ4v) is 2.35. The lowest BCUT2D eigenvalue weighted by Gasteiger charge is -2.14. The van der Waals surface area contributed by atoms with Crippen LogP contribution in [0.15, 0.2) is 18.3 Å². The zero-order chi connectivity index (χ0) is 14.0. The van der Waals surface area contributed by atoms with Gasteiger partial charge in [0.15, 0.2) is 0 Å². The van der Waals surface area contributed by atoms with Gasteiger partial charge >= 0.3 is 0 Å². The third-order valence-electron chi connectivity index (χ3n) is 3.54. The molecule has 1 fully saturated rings. The lowest BCUT2D eigenvalue weighted by Crippen LogP contribution is -2.40. The van der Waals surface area contributed by atoms with Crippen LogP contribution >= 0.6 is 0 Å². The van der Waals surface area contributed by atoms with Crippen molar-refractivity contribution in [1.29, 1.82) is 0 Å². The summed E-state index contributed by atoms with van der Waals surface area (Å²) >= 11 is 0. The first-order chi connectivity index (χ1) is 8.97. The zero-order valence-electron chi connectivity index (χ0n) is 11.3. The van der Waals surface area contributed by atoms with Gasteiger partial charge in [0.2, 0.25) is 5.91 Å².